The molecule has 3 aromatic rings. The van der Waals surface area contributed by atoms with Gasteiger partial charge in [0.05, 0.1) is 13.2 Å². The minimum absolute atomic E-state index is 0.132. The third-order valence-electron chi connectivity index (χ3n) is 4.80. The number of hydrogen-bond acceptors (Lipinski definition) is 6. The average Bonchev–Trinajstić information content (AvgIpc) is 3.15. The molecule has 1 amide bonds. The molecule has 30 heavy (non-hydrogen) atoms. The average molecular weight is 444 g/mol. The largest absolute Gasteiger partial charge is 0.497 e. The molecule has 156 valence electrons. The van der Waals surface area contributed by atoms with Crippen molar-refractivity contribution in [1.29, 1.82) is 0 Å². The van der Waals surface area contributed by atoms with Crippen molar-refractivity contribution in [2.24, 2.45) is 0 Å². The van der Waals surface area contributed by atoms with Crippen LogP contribution in [-0.2, 0) is 11.2 Å². The molecule has 0 fully saturated rings. The summed E-state index contributed by atoms with van der Waals surface area (Å²) in [7, 11) is 1.60. The molecule has 0 unspecified atom stereocenters. The molecule has 2 N–H and O–H groups in total. The summed E-state index contributed by atoms with van der Waals surface area (Å²) in [6, 6.07) is 14.5. The highest BCUT2D eigenvalue weighted by Crippen LogP contribution is 2.38. The number of aryl methyl sites for hydroxylation is 1. The van der Waals surface area contributed by atoms with Crippen molar-refractivity contribution in [2.75, 3.05) is 17.9 Å². The van der Waals surface area contributed by atoms with Gasteiger partial charge in [-0.25, -0.2) is 4.68 Å². The molecule has 1 aromatic heterocycles. The number of methoxy groups -OCH3 is 1. The SMILES string of the molecule is CCCc1nnc2n1N[C@@H](c1ccc(Cl)cc1)[C@@H](C(=O)Nc1cccc(OC)c1)S2. The number of carbonyl (C=O) groups excluding carboxylic acids is 1. The minimum Gasteiger partial charge on any atom is -0.497 e. The van der Waals surface area contributed by atoms with Crippen molar-refractivity contribution in [3.05, 3.63) is 64.9 Å². The number of aromatic nitrogens is 3. The number of ether oxygens (including phenoxy) is 1. The van der Waals surface area contributed by atoms with Crippen molar-refractivity contribution in [3.63, 3.8) is 0 Å². The number of benzene rings is 2. The van der Waals surface area contributed by atoms with Gasteiger partial charge in [-0.3, -0.25) is 4.79 Å². The van der Waals surface area contributed by atoms with Gasteiger partial charge in [-0.05, 0) is 36.2 Å². The Morgan fingerprint density at radius 3 is 2.80 bits per heavy atom. The molecule has 1 aliphatic rings. The second kappa shape index (κ2) is 8.97. The number of amides is 1. The Kier molecular flexibility index (Phi) is 6.15. The molecule has 2 aromatic carbocycles. The second-order valence-corrected chi connectivity index (χ2v) is 8.45. The molecule has 2 atom stereocenters. The number of carbonyl (C=O) groups is 1. The first-order valence-electron chi connectivity index (χ1n) is 9.67. The first-order chi connectivity index (χ1) is 14.6. The first-order valence-corrected chi connectivity index (χ1v) is 10.9. The lowest BCUT2D eigenvalue weighted by atomic mass is 10.0. The monoisotopic (exact) mass is 443 g/mol. The molecule has 1 aliphatic heterocycles. The molecular weight excluding hydrogens is 422 g/mol. The van der Waals surface area contributed by atoms with Crippen molar-refractivity contribution >= 4 is 35.0 Å². The van der Waals surface area contributed by atoms with E-state index in [9.17, 15) is 4.79 Å². The molecule has 7 nitrogen and oxygen atoms in total. The standard InChI is InChI=1S/C21H22ClN5O2S/c1-3-5-17-24-25-21-27(17)26-18(13-8-10-14(22)11-9-13)19(30-21)20(28)23-15-6-4-7-16(12-15)29-2/h4,6-12,18-19,26H,3,5H2,1-2H3,(H,23,28)/t18-,19-/m0/s1. The van der Waals surface area contributed by atoms with E-state index in [0.29, 0.717) is 21.6 Å². The van der Waals surface area contributed by atoms with E-state index in [1.165, 1.54) is 11.8 Å². The lowest BCUT2D eigenvalue weighted by molar-refractivity contribution is -0.116. The number of fused-ring (bicyclic) bond motifs is 1. The van der Waals surface area contributed by atoms with Crippen molar-refractivity contribution < 1.29 is 9.53 Å². The fraction of sp³-hybridized carbons (Fsp3) is 0.286. The van der Waals surface area contributed by atoms with Gasteiger partial charge in [0.1, 0.15) is 11.0 Å². The van der Waals surface area contributed by atoms with Gasteiger partial charge in [0.15, 0.2) is 5.82 Å². The maximum Gasteiger partial charge on any atom is 0.240 e. The maximum atomic E-state index is 13.3. The smallest absolute Gasteiger partial charge is 0.240 e. The molecule has 0 saturated carbocycles. The zero-order chi connectivity index (χ0) is 21.1. The van der Waals surface area contributed by atoms with Crippen LogP contribution >= 0.6 is 23.4 Å². The number of rotatable bonds is 6. The molecule has 9 heteroatoms. The van der Waals surface area contributed by atoms with Gasteiger partial charge in [-0.15, -0.1) is 10.2 Å². The van der Waals surface area contributed by atoms with Gasteiger partial charge >= 0.3 is 0 Å². The van der Waals surface area contributed by atoms with Gasteiger partial charge in [-0.2, -0.15) is 0 Å². The highest BCUT2D eigenvalue weighted by atomic mass is 35.5. The Bertz CT molecular complexity index is 1040. The summed E-state index contributed by atoms with van der Waals surface area (Å²) >= 11 is 7.47. The van der Waals surface area contributed by atoms with Crippen LogP contribution in [0.15, 0.2) is 53.7 Å². The quantitative estimate of drug-likeness (QED) is 0.591. The number of anilines is 1. The van der Waals surface area contributed by atoms with E-state index in [1.807, 2.05) is 47.1 Å². The Morgan fingerprint density at radius 2 is 2.07 bits per heavy atom. The highest BCUT2D eigenvalue weighted by molar-refractivity contribution is 8.00. The summed E-state index contributed by atoms with van der Waals surface area (Å²) < 4.78 is 7.14. The molecule has 0 spiro atoms. The van der Waals surface area contributed by atoms with Crippen LogP contribution in [0.3, 0.4) is 0 Å². The lowest BCUT2D eigenvalue weighted by Crippen LogP contribution is -2.41. The van der Waals surface area contributed by atoms with E-state index in [4.69, 9.17) is 16.3 Å². The Labute approximate surface area is 184 Å². The molecule has 0 aliphatic carbocycles. The second-order valence-electron chi connectivity index (χ2n) is 6.90. The maximum absolute atomic E-state index is 13.3. The van der Waals surface area contributed by atoms with Gasteiger partial charge in [0.2, 0.25) is 11.1 Å². The van der Waals surface area contributed by atoms with Gasteiger partial charge in [0, 0.05) is 23.2 Å². The van der Waals surface area contributed by atoms with E-state index >= 15 is 0 Å². The van der Waals surface area contributed by atoms with Crippen LogP contribution in [0.25, 0.3) is 0 Å². The number of nitrogens with zero attached hydrogens (tertiary/aromatic N) is 3. The van der Waals surface area contributed by atoms with Crippen LogP contribution in [0.1, 0.15) is 30.8 Å². The summed E-state index contributed by atoms with van der Waals surface area (Å²) in [6.45, 7) is 2.10. The molecule has 4 rings (SSSR count). The normalized spacial score (nSPS) is 17.7. The van der Waals surface area contributed by atoms with E-state index in [1.54, 1.807) is 13.2 Å². The van der Waals surface area contributed by atoms with Crippen LogP contribution in [0.4, 0.5) is 5.69 Å². The van der Waals surface area contributed by atoms with E-state index in [-0.39, 0.29) is 11.9 Å². The summed E-state index contributed by atoms with van der Waals surface area (Å²) in [6.07, 6.45) is 1.75. The number of hydrogen-bond donors (Lipinski definition) is 2. The van der Waals surface area contributed by atoms with Crippen LogP contribution in [0.5, 0.6) is 5.75 Å². The molecule has 0 radical (unpaired) electrons. The molecular formula is C21H22ClN5O2S. The third-order valence-corrected chi connectivity index (χ3v) is 6.27. The van der Waals surface area contributed by atoms with Gasteiger partial charge < -0.3 is 15.5 Å². The number of halogens is 1. The minimum atomic E-state index is -0.455. The predicted molar refractivity (Wildman–Crippen MR) is 119 cm³/mol. The highest BCUT2D eigenvalue weighted by Gasteiger charge is 2.37. The van der Waals surface area contributed by atoms with E-state index < -0.39 is 5.25 Å². The van der Waals surface area contributed by atoms with Gasteiger partial charge in [0.25, 0.3) is 0 Å². The number of nitrogens with one attached hydrogen (secondary N) is 2. The summed E-state index contributed by atoms with van der Waals surface area (Å²) in [5.41, 5.74) is 5.08. The van der Waals surface area contributed by atoms with E-state index in [0.717, 1.165) is 24.2 Å². The Hall–Kier alpha value is -2.71. The van der Waals surface area contributed by atoms with Crippen LogP contribution in [0.2, 0.25) is 5.02 Å². The topological polar surface area (TPSA) is 81.1 Å². The molecule has 0 bridgehead atoms. The van der Waals surface area contributed by atoms with E-state index in [2.05, 4.69) is 27.9 Å². The summed E-state index contributed by atoms with van der Waals surface area (Å²) in [5, 5.41) is 12.4. The van der Waals surface area contributed by atoms with Gasteiger partial charge in [-0.1, -0.05) is 48.5 Å². The van der Waals surface area contributed by atoms with Crippen LogP contribution in [0, 0.1) is 0 Å². The van der Waals surface area contributed by atoms with Crippen molar-refractivity contribution in [3.8, 4) is 5.75 Å². The Balaban J connectivity index is 1.65. The molecule has 0 saturated heterocycles. The molecule has 2 heterocycles. The van der Waals surface area contributed by atoms with Crippen molar-refractivity contribution in [1.82, 2.24) is 14.9 Å². The fourth-order valence-electron chi connectivity index (χ4n) is 3.32. The zero-order valence-electron chi connectivity index (χ0n) is 16.6. The lowest BCUT2D eigenvalue weighted by Gasteiger charge is -2.33. The summed E-state index contributed by atoms with van der Waals surface area (Å²) in [4.78, 5) is 13.3. The fourth-order valence-corrected chi connectivity index (χ4v) is 4.54. The van der Waals surface area contributed by atoms with Crippen molar-refractivity contribution in [2.45, 2.75) is 36.2 Å². The third kappa shape index (κ3) is 4.24. The first kappa shape index (κ1) is 20.6. The van der Waals surface area contributed by atoms with Crippen LogP contribution in [-0.4, -0.2) is 33.1 Å². The predicted octanol–water partition coefficient (Wildman–Crippen LogP) is 4.29. The number of thioether (sulfide) groups is 1. The Morgan fingerprint density at radius 1 is 1.27 bits per heavy atom. The zero-order valence-corrected chi connectivity index (χ0v) is 18.2. The van der Waals surface area contributed by atoms with Crippen LogP contribution < -0.4 is 15.5 Å². The summed E-state index contributed by atoms with van der Waals surface area (Å²) in [5.74, 6) is 1.40.